The van der Waals surface area contributed by atoms with Crippen molar-refractivity contribution in [3.05, 3.63) is 70.2 Å². The van der Waals surface area contributed by atoms with Gasteiger partial charge in [0.1, 0.15) is 12.2 Å². The van der Waals surface area contributed by atoms with Gasteiger partial charge in [-0.3, -0.25) is 4.79 Å². The Balaban J connectivity index is 1.70. The first-order valence-corrected chi connectivity index (χ1v) is 13.1. The number of pyridine rings is 1. The van der Waals surface area contributed by atoms with Crippen LogP contribution in [0.2, 0.25) is 10.0 Å². The molecule has 8 heteroatoms. The van der Waals surface area contributed by atoms with Gasteiger partial charge in [0, 0.05) is 33.2 Å². The first kappa shape index (κ1) is 23.5. The zero-order valence-electron chi connectivity index (χ0n) is 18.4. The van der Waals surface area contributed by atoms with Crippen molar-refractivity contribution in [1.29, 1.82) is 0 Å². The number of amides is 1. The molecule has 1 spiro atoms. The highest BCUT2D eigenvalue weighted by Crippen LogP contribution is 2.48. The van der Waals surface area contributed by atoms with E-state index in [4.69, 9.17) is 32.9 Å². The number of hydrogen-bond donors (Lipinski definition) is 2. The van der Waals surface area contributed by atoms with Gasteiger partial charge in [0.2, 0.25) is 11.8 Å². The molecule has 0 radical (unpaired) electrons. The molecule has 3 aromatic rings. The maximum atomic E-state index is 12.2. The minimum atomic E-state index is -0.565. The van der Waals surface area contributed by atoms with E-state index in [1.807, 2.05) is 66.4 Å². The van der Waals surface area contributed by atoms with E-state index in [9.17, 15) is 9.90 Å². The molecule has 2 aromatic carbocycles. The molecule has 176 valence electrons. The summed E-state index contributed by atoms with van der Waals surface area (Å²) in [5.74, 6) is 2.09. The second-order valence-corrected chi connectivity index (χ2v) is 10.7. The largest absolute Gasteiger partial charge is 0.471 e. The van der Waals surface area contributed by atoms with Crippen LogP contribution < -0.4 is 10.1 Å². The normalized spacial score (nSPS) is 18.7. The van der Waals surface area contributed by atoms with Crippen LogP contribution in [0.15, 0.2) is 54.6 Å². The lowest BCUT2D eigenvalue weighted by molar-refractivity contribution is -0.125. The number of aliphatic hydroxyl groups is 1. The fourth-order valence-electron chi connectivity index (χ4n) is 4.70. The Morgan fingerprint density at radius 3 is 2.56 bits per heavy atom. The van der Waals surface area contributed by atoms with E-state index >= 15 is 0 Å². The standard InChI is InChI=1S/C26H24Cl2N2O3S/c27-17-7-5-16(6-8-17)19-13-20-22(29-23(32)15-31)14-26(9-11-34-12-10-26)33-25(20)30-24(19)18-3-1-2-4-21(18)28/h1-8,13,22,31H,9-12,14-15H2,(H,29,32). The van der Waals surface area contributed by atoms with Crippen molar-refractivity contribution in [3.63, 3.8) is 0 Å². The average Bonchev–Trinajstić information content (AvgIpc) is 2.84. The van der Waals surface area contributed by atoms with Crippen LogP contribution in [0.25, 0.3) is 22.4 Å². The Kier molecular flexibility index (Phi) is 6.76. The number of nitrogens with zero attached hydrogens (tertiary/aromatic N) is 1. The molecule has 1 aromatic heterocycles. The van der Waals surface area contributed by atoms with Gasteiger partial charge in [-0.2, -0.15) is 11.8 Å². The maximum Gasteiger partial charge on any atom is 0.246 e. The van der Waals surface area contributed by atoms with Gasteiger partial charge in [-0.1, -0.05) is 53.5 Å². The van der Waals surface area contributed by atoms with Gasteiger partial charge in [-0.15, -0.1) is 0 Å². The predicted molar refractivity (Wildman–Crippen MR) is 138 cm³/mol. The third kappa shape index (κ3) is 4.65. The van der Waals surface area contributed by atoms with Gasteiger partial charge < -0.3 is 15.2 Å². The molecule has 2 aliphatic heterocycles. The molecule has 5 rings (SSSR count). The molecule has 1 fully saturated rings. The van der Waals surface area contributed by atoms with Gasteiger partial charge in [0.25, 0.3) is 0 Å². The van der Waals surface area contributed by atoms with Crippen LogP contribution in [-0.4, -0.2) is 39.7 Å². The van der Waals surface area contributed by atoms with Crippen molar-refractivity contribution >= 4 is 40.9 Å². The van der Waals surface area contributed by atoms with Crippen molar-refractivity contribution < 1.29 is 14.6 Å². The molecule has 3 heterocycles. The molecule has 1 atom stereocenters. The molecule has 1 unspecified atom stereocenters. The fraction of sp³-hybridized carbons (Fsp3) is 0.308. The summed E-state index contributed by atoms with van der Waals surface area (Å²) in [5, 5.41) is 13.6. The van der Waals surface area contributed by atoms with E-state index < -0.39 is 18.1 Å². The summed E-state index contributed by atoms with van der Waals surface area (Å²) in [6.07, 6.45) is 2.40. The third-order valence-corrected chi connectivity index (χ3v) is 8.01. The molecular formula is C26H24Cl2N2O3S. The van der Waals surface area contributed by atoms with Gasteiger partial charge >= 0.3 is 0 Å². The Morgan fingerprint density at radius 1 is 1.12 bits per heavy atom. The van der Waals surface area contributed by atoms with Crippen molar-refractivity contribution in [2.75, 3.05) is 18.1 Å². The molecule has 1 amide bonds. The summed E-state index contributed by atoms with van der Waals surface area (Å²) in [6.45, 7) is -0.565. The average molecular weight is 515 g/mol. The lowest BCUT2D eigenvalue weighted by atomic mass is 9.83. The number of aliphatic hydroxyl groups excluding tert-OH is 1. The second-order valence-electron chi connectivity index (χ2n) is 8.65. The quantitative estimate of drug-likeness (QED) is 0.452. The van der Waals surface area contributed by atoms with Crippen molar-refractivity contribution in [1.82, 2.24) is 10.3 Å². The molecule has 0 aliphatic carbocycles. The zero-order valence-corrected chi connectivity index (χ0v) is 20.7. The Morgan fingerprint density at radius 2 is 1.85 bits per heavy atom. The molecule has 34 heavy (non-hydrogen) atoms. The number of aromatic nitrogens is 1. The van der Waals surface area contributed by atoms with Crippen LogP contribution in [0.5, 0.6) is 5.88 Å². The van der Waals surface area contributed by atoms with Gasteiger partial charge in [-0.05, 0) is 54.2 Å². The van der Waals surface area contributed by atoms with Crippen molar-refractivity contribution in [3.8, 4) is 28.3 Å². The van der Waals surface area contributed by atoms with E-state index in [1.165, 1.54) is 0 Å². The third-order valence-electron chi connectivity index (χ3n) is 6.45. The summed E-state index contributed by atoms with van der Waals surface area (Å²) in [4.78, 5) is 17.2. The smallest absolute Gasteiger partial charge is 0.246 e. The Hall–Kier alpha value is -2.25. The Bertz CT molecular complexity index is 1210. The maximum absolute atomic E-state index is 12.2. The number of benzene rings is 2. The highest BCUT2D eigenvalue weighted by Gasteiger charge is 2.43. The van der Waals surface area contributed by atoms with E-state index in [0.29, 0.717) is 28.0 Å². The van der Waals surface area contributed by atoms with Crippen molar-refractivity contribution in [2.45, 2.75) is 30.9 Å². The van der Waals surface area contributed by atoms with E-state index in [2.05, 4.69) is 5.32 Å². The molecule has 1 saturated heterocycles. The number of rotatable bonds is 4. The van der Waals surface area contributed by atoms with E-state index in [1.54, 1.807) is 0 Å². The molecule has 2 aliphatic rings. The number of hydrogen-bond acceptors (Lipinski definition) is 5. The van der Waals surface area contributed by atoms with Gasteiger partial charge in [0.05, 0.1) is 11.7 Å². The van der Waals surface area contributed by atoms with Gasteiger partial charge in [0.15, 0.2) is 0 Å². The first-order valence-electron chi connectivity index (χ1n) is 11.2. The molecule has 0 saturated carbocycles. The van der Waals surface area contributed by atoms with Gasteiger partial charge in [-0.25, -0.2) is 4.98 Å². The zero-order chi connectivity index (χ0) is 23.7. The highest BCUT2D eigenvalue weighted by atomic mass is 35.5. The van der Waals surface area contributed by atoms with Crippen LogP contribution in [0.1, 0.15) is 30.9 Å². The monoisotopic (exact) mass is 514 g/mol. The SMILES string of the molecule is O=C(CO)NC1CC2(CCSCC2)Oc2nc(-c3ccccc3Cl)c(-c3ccc(Cl)cc3)cc21. The first-order chi connectivity index (χ1) is 16.5. The van der Waals surface area contributed by atoms with E-state index in [-0.39, 0.29) is 6.04 Å². The van der Waals surface area contributed by atoms with E-state index in [0.717, 1.165) is 46.6 Å². The van der Waals surface area contributed by atoms with Crippen LogP contribution in [0.3, 0.4) is 0 Å². The number of fused-ring (bicyclic) bond motifs is 1. The summed E-state index contributed by atoms with van der Waals surface area (Å²) in [6, 6.07) is 16.9. The molecule has 2 N–H and O–H groups in total. The van der Waals surface area contributed by atoms with Crippen LogP contribution in [0, 0.1) is 0 Å². The number of carbonyl (C=O) groups excluding carboxylic acids is 1. The summed E-state index contributed by atoms with van der Waals surface area (Å²) in [7, 11) is 0. The predicted octanol–water partition coefficient (Wildman–Crippen LogP) is 5.92. The summed E-state index contributed by atoms with van der Waals surface area (Å²) >= 11 is 14.7. The number of thioether (sulfide) groups is 1. The second kappa shape index (κ2) is 9.78. The fourth-order valence-corrected chi connectivity index (χ4v) is 6.29. The molecular weight excluding hydrogens is 491 g/mol. The lowest BCUT2D eigenvalue weighted by Crippen LogP contribution is -2.48. The minimum Gasteiger partial charge on any atom is -0.471 e. The summed E-state index contributed by atoms with van der Waals surface area (Å²) in [5.41, 5.74) is 3.71. The Labute approximate surface area is 212 Å². The topological polar surface area (TPSA) is 71.5 Å². The van der Waals surface area contributed by atoms with Crippen LogP contribution in [0.4, 0.5) is 0 Å². The number of halogens is 2. The van der Waals surface area contributed by atoms with Crippen molar-refractivity contribution in [2.24, 2.45) is 0 Å². The lowest BCUT2D eigenvalue weighted by Gasteiger charge is -2.44. The molecule has 5 nitrogen and oxygen atoms in total. The van der Waals surface area contributed by atoms with Crippen LogP contribution >= 0.6 is 35.0 Å². The van der Waals surface area contributed by atoms with Crippen LogP contribution in [-0.2, 0) is 4.79 Å². The number of carbonyl (C=O) groups is 1. The highest BCUT2D eigenvalue weighted by molar-refractivity contribution is 7.99. The summed E-state index contributed by atoms with van der Waals surface area (Å²) < 4.78 is 6.62. The minimum absolute atomic E-state index is 0.314. The number of ether oxygens (including phenoxy) is 1. The number of nitrogens with one attached hydrogen (secondary N) is 1. The molecule has 0 bridgehead atoms.